The molecule has 1 amide bonds. The summed E-state index contributed by atoms with van der Waals surface area (Å²) in [5, 5.41) is 8.68. The Hall–Kier alpha value is -2.40. The molecule has 3 rings (SSSR count). The highest BCUT2D eigenvalue weighted by atomic mass is 16.5. The smallest absolute Gasteiger partial charge is 0.318 e. The summed E-state index contributed by atoms with van der Waals surface area (Å²) in [7, 11) is 1.57. The van der Waals surface area contributed by atoms with Gasteiger partial charge >= 0.3 is 6.01 Å². The molecule has 2 saturated heterocycles. The van der Waals surface area contributed by atoms with E-state index >= 15 is 0 Å². The van der Waals surface area contributed by atoms with Crippen molar-refractivity contribution < 1.29 is 9.53 Å². The van der Waals surface area contributed by atoms with Crippen LogP contribution >= 0.6 is 0 Å². The monoisotopic (exact) mass is 372 g/mol. The number of hydrogen-bond donors (Lipinski definition) is 0. The Balaban J connectivity index is 1.41. The number of amides is 1. The molecular weight excluding hydrogens is 344 g/mol. The lowest BCUT2D eigenvalue weighted by Crippen LogP contribution is -2.49. The molecule has 3 heterocycles. The Labute approximate surface area is 160 Å². The minimum atomic E-state index is 0.275. The van der Waals surface area contributed by atoms with Crippen molar-refractivity contribution in [1.82, 2.24) is 19.8 Å². The van der Waals surface area contributed by atoms with Gasteiger partial charge in [0.2, 0.25) is 5.91 Å². The third kappa shape index (κ3) is 5.30. The van der Waals surface area contributed by atoms with Crippen LogP contribution < -0.4 is 9.64 Å². The molecule has 146 valence electrons. The molecule has 0 unspecified atom stereocenters. The number of methoxy groups -OCH3 is 1. The summed E-state index contributed by atoms with van der Waals surface area (Å²) in [6.07, 6.45) is 4.91. The lowest BCUT2D eigenvalue weighted by molar-refractivity contribution is -0.134. The molecule has 2 aliphatic rings. The van der Waals surface area contributed by atoms with Gasteiger partial charge in [0.25, 0.3) is 0 Å². The number of carbonyl (C=O) groups excluding carboxylic acids is 1. The van der Waals surface area contributed by atoms with Crippen molar-refractivity contribution in [1.29, 1.82) is 5.26 Å². The predicted molar refractivity (Wildman–Crippen MR) is 101 cm³/mol. The summed E-state index contributed by atoms with van der Waals surface area (Å²) < 4.78 is 5.10. The largest absolute Gasteiger partial charge is 0.467 e. The van der Waals surface area contributed by atoms with Gasteiger partial charge in [0, 0.05) is 64.9 Å². The molecule has 1 aromatic heterocycles. The van der Waals surface area contributed by atoms with E-state index in [2.05, 4.69) is 25.8 Å². The van der Waals surface area contributed by atoms with Crippen molar-refractivity contribution in [3.05, 3.63) is 12.3 Å². The third-order valence-corrected chi connectivity index (χ3v) is 5.47. The number of rotatable bonds is 6. The van der Waals surface area contributed by atoms with E-state index in [1.165, 1.54) is 0 Å². The van der Waals surface area contributed by atoms with E-state index in [1.807, 2.05) is 11.0 Å². The van der Waals surface area contributed by atoms with E-state index in [0.717, 1.165) is 64.5 Å². The van der Waals surface area contributed by atoms with Crippen LogP contribution in [-0.4, -0.2) is 78.6 Å². The van der Waals surface area contributed by atoms with Crippen LogP contribution in [0.2, 0.25) is 0 Å². The molecule has 2 fully saturated rings. The zero-order valence-corrected chi connectivity index (χ0v) is 16.0. The molecule has 27 heavy (non-hydrogen) atoms. The summed E-state index contributed by atoms with van der Waals surface area (Å²) in [6, 6.07) is 4.47. The molecule has 0 radical (unpaired) electrons. The van der Waals surface area contributed by atoms with Gasteiger partial charge in [-0.25, -0.2) is 4.98 Å². The Morgan fingerprint density at radius 2 is 2.00 bits per heavy atom. The molecule has 8 nitrogen and oxygen atoms in total. The SMILES string of the molecule is COc1nccc(N2CCC(CC(=O)N3CCN(CCC#N)CC3)CC2)n1. The second-order valence-electron chi connectivity index (χ2n) is 7.17. The van der Waals surface area contributed by atoms with Crippen LogP contribution in [-0.2, 0) is 4.79 Å². The molecule has 0 saturated carbocycles. The van der Waals surface area contributed by atoms with Crippen LogP contribution in [0.5, 0.6) is 6.01 Å². The average Bonchev–Trinajstić information content (AvgIpc) is 2.73. The summed E-state index contributed by atoms with van der Waals surface area (Å²) in [6.45, 7) is 5.93. The molecule has 1 aromatic rings. The number of anilines is 1. The fourth-order valence-corrected chi connectivity index (χ4v) is 3.78. The number of ether oxygens (including phenoxy) is 1. The molecule has 0 spiro atoms. The fraction of sp³-hybridized carbons (Fsp3) is 0.684. The average molecular weight is 372 g/mol. The van der Waals surface area contributed by atoms with Crippen molar-refractivity contribution in [3.8, 4) is 12.1 Å². The van der Waals surface area contributed by atoms with Crippen molar-refractivity contribution in [2.24, 2.45) is 5.92 Å². The molecule has 0 aliphatic carbocycles. The summed E-state index contributed by atoms with van der Waals surface area (Å²) in [5.41, 5.74) is 0. The van der Waals surface area contributed by atoms with Crippen molar-refractivity contribution in [2.75, 3.05) is 57.8 Å². The first kappa shape index (κ1) is 19.4. The normalized spacial score (nSPS) is 19.0. The van der Waals surface area contributed by atoms with Crippen molar-refractivity contribution >= 4 is 11.7 Å². The van der Waals surface area contributed by atoms with E-state index in [-0.39, 0.29) is 5.91 Å². The van der Waals surface area contributed by atoms with Gasteiger partial charge in [0.15, 0.2) is 0 Å². The van der Waals surface area contributed by atoms with Gasteiger partial charge in [-0.1, -0.05) is 0 Å². The zero-order chi connectivity index (χ0) is 19.1. The summed E-state index contributed by atoms with van der Waals surface area (Å²) in [5.74, 6) is 1.60. The van der Waals surface area contributed by atoms with E-state index in [0.29, 0.717) is 24.8 Å². The van der Waals surface area contributed by atoms with E-state index in [1.54, 1.807) is 13.3 Å². The maximum absolute atomic E-state index is 12.6. The summed E-state index contributed by atoms with van der Waals surface area (Å²) in [4.78, 5) is 27.6. The van der Waals surface area contributed by atoms with Crippen LogP contribution in [0, 0.1) is 17.2 Å². The Morgan fingerprint density at radius 3 is 2.67 bits per heavy atom. The summed E-state index contributed by atoms with van der Waals surface area (Å²) >= 11 is 0. The van der Waals surface area contributed by atoms with E-state index in [9.17, 15) is 4.79 Å². The quantitative estimate of drug-likeness (QED) is 0.740. The highest BCUT2D eigenvalue weighted by molar-refractivity contribution is 5.76. The maximum Gasteiger partial charge on any atom is 0.318 e. The van der Waals surface area contributed by atoms with Gasteiger partial charge in [-0.15, -0.1) is 0 Å². The molecule has 2 aliphatic heterocycles. The number of carbonyl (C=O) groups is 1. The van der Waals surface area contributed by atoms with Gasteiger partial charge in [0.1, 0.15) is 5.82 Å². The zero-order valence-electron chi connectivity index (χ0n) is 16.0. The van der Waals surface area contributed by atoms with E-state index < -0.39 is 0 Å². The first-order valence-corrected chi connectivity index (χ1v) is 9.68. The Morgan fingerprint density at radius 1 is 1.26 bits per heavy atom. The molecule has 0 N–H and O–H groups in total. The molecule has 0 atom stereocenters. The van der Waals surface area contributed by atoms with Gasteiger partial charge in [-0.3, -0.25) is 9.69 Å². The predicted octanol–water partition coefficient (Wildman–Crippen LogP) is 1.15. The molecule has 8 heteroatoms. The highest BCUT2D eigenvalue weighted by Crippen LogP contribution is 2.25. The number of aromatic nitrogens is 2. The number of nitrogens with zero attached hydrogens (tertiary/aromatic N) is 6. The number of nitriles is 1. The van der Waals surface area contributed by atoms with E-state index in [4.69, 9.17) is 10.00 Å². The minimum absolute atomic E-state index is 0.275. The molecule has 0 bridgehead atoms. The van der Waals surface area contributed by atoms with Crippen LogP contribution in [0.3, 0.4) is 0 Å². The fourth-order valence-electron chi connectivity index (χ4n) is 3.78. The van der Waals surface area contributed by atoms with Crippen LogP contribution in [0.4, 0.5) is 5.82 Å². The van der Waals surface area contributed by atoms with Crippen LogP contribution in [0.25, 0.3) is 0 Å². The van der Waals surface area contributed by atoms with Crippen molar-refractivity contribution in [2.45, 2.75) is 25.7 Å². The van der Waals surface area contributed by atoms with Gasteiger partial charge in [0.05, 0.1) is 13.2 Å². The second-order valence-corrected chi connectivity index (χ2v) is 7.17. The van der Waals surface area contributed by atoms with Crippen LogP contribution in [0.15, 0.2) is 12.3 Å². The molecular formula is C19H28N6O2. The number of hydrogen-bond acceptors (Lipinski definition) is 7. The number of piperidine rings is 1. The lowest BCUT2D eigenvalue weighted by Gasteiger charge is -2.36. The molecule has 0 aromatic carbocycles. The Bertz CT molecular complexity index is 660. The first-order chi connectivity index (χ1) is 13.2. The maximum atomic E-state index is 12.6. The van der Waals surface area contributed by atoms with Crippen LogP contribution in [0.1, 0.15) is 25.7 Å². The third-order valence-electron chi connectivity index (χ3n) is 5.47. The second kappa shape index (κ2) is 9.51. The Kier molecular flexibility index (Phi) is 6.82. The lowest BCUT2D eigenvalue weighted by atomic mass is 9.93. The van der Waals surface area contributed by atoms with Gasteiger partial charge in [-0.2, -0.15) is 10.2 Å². The standard InChI is InChI=1S/C19H28N6O2/c1-27-19-21-7-3-17(22-19)24-9-4-16(5-10-24)15-18(26)25-13-11-23(12-14-25)8-2-6-20/h3,7,16H,2,4-5,8-15H2,1H3. The number of piperazine rings is 1. The minimum Gasteiger partial charge on any atom is -0.467 e. The highest BCUT2D eigenvalue weighted by Gasteiger charge is 2.26. The van der Waals surface area contributed by atoms with Crippen molar-refractivity contribution in [3.63, 3.8) is 0 Å². The topological polar surface area (TPSA) is 85.6 Å². The first-order valence-electron chi connectivity index (χ1n) is 9.68. The van der Waals surface area contributed by atoms with Gasteiger partial charge < -0.3 is 14.5 Å². The van der Waals surface area contributed by atoms with Gasteiger partial charge in [-0.05, 0) is 24.8 Å².